The van der Waals surface area contributed by atoms with Crippen LogP contribution in [0.5, 0.6) is 11.5 Å². The number of carbonyl (C=O) groups excluding carboxylic acids is 1. The van der Waals surface area contributed by atoms with Crippen molar-refractivity contribution in [3.63, 3.8) is 0 Å². The van der Waals surface area contributed by atoms with Crippen LogP contribution < -0.4 is 14.8 Å². The number of anilines is 1. The molecule has 0 bridgehead atoms. The highest BCUT2D eigenvalue weighted by Crippen LogP contribution is 2.35. The molecular weight excluding hydrogens is 367 g/mol. The van der Waals surface area contributed by atoms with E-state index >= 15 is 0 Å². The smallest absolute Gasteiger partial charge is 0.267 e. The van der Waals surface area contributed by atoms with Crippen LogP contribution in [0, 0.1) is 19.7 Å². The fourth-order valence-electron chi connectivity index (χ4n) is 2.61. The Morgan fingerprint density at radius 3 is 2.52 bits per heavy atom. The Hall–Kier alpha value is -2.93. The fourth-order valence-corrected chi connectivity index (χ4v) is 3.57. The van der Waals surface area contributed by atoms with Crippen molar-refractivity contribution in [2.24, 2.45) is 0 Å². The lowest BCUT2D eigenvalue weighted by Gasteiger charge is -2.08. The summed E-state index contributed by atoms with van der Waals surface area (Å²) in [6, 6.07) is 10.0. The van der Waals surface area contributed by atoms with Crippen LogP contribution in [0.15, 0.2) is 36.4 Å². The minimum absolute atomic E-state index is 0.153. The molecule has 1 aromatic heterocycles. The molecule has 0 aliphatic carbocycles. The number of thiazole rings is 1. The third kappa shape index (κ3) is 3.93. The molecule has 5 nitrogen and oxygen atoms in total. The highest BCUT2D eigenvalue weighted by molar-refractivity contribution is 7.17. The first-order valence-corrected chi connectivity index (χ1v) is 9.02. The summed E-state index contributed by atoms with van der Waals surface area (Å²) >= 11 is 1.24. The van der Waals surface area contributed by atoms with Crippen molar-refractivity contribution in [3.8, 4) is 22.1 Å². The van der Waals surface area contributed by atoms with E-state index in [1.165, 1.54) is 17.4 Å². The van der Waals surface area contributed by atoms with Crippen LogP contribution in [0.1, 0.15) is 20.9 Å². The maximum atomic E-state index is 13.9. The number of hydrogen-bond donors (Lipinski definition) is 1. The molecule has 1 amide bonds. The molecule has 7 heteroatoms. The monoisotopic (exact) mass is 386 g/mol. The lowest BCUT2D eigenvalue weighted by Crippen LogP contribution is -2.12. The molecule has 3 rings (SSSR count). The summed E-state index contributed by atoms with van der Waals surface area (Å²) in [5, 5.41) is 3.30. The normalized spacial score (nSPS) is 10.6. The van der Waals surface area contributed by atoms with Gasteiger partial charge in [0.05, 0.1) is 25.6 Å². The zero-order valence-electron chi connectivity index (χ0n) is 15.4. The SMILES string of the molecule is COc1ccc(-c2nc(C)c(C(=O)Nc3cc(C)ccc3F)s2)cc1OC. The van der Waals surface area contributed by atoms with Gasteiger partial charge in [0, 0.05) is 5.56 Å². The molecule has 2 aromatic carbocycles. The van der Waals surface area contributed by atoms with Crippen LogP contribution in [0.3, 0.4) is 0 Å². The number of carbonyl (C=O) groups is 1. The van der Waals surface area contributed by atoms with Crippen molar-refractivity contribution in [2.75, 3.05) is 19.5 Å². The number of hydrogen-bond acceptors (Lipinski definition) is 5. The van der Waals surface area contributed by atoms with Crippen LogP contribution in [0.4, 0.5) is 10.1 Å². The van der Waals surface area contributed by atoms with E-state index in [4.69, 9.17) is 9.47 Å². The number of nitrogens with zero attached hydrogens (tertiary/aromatic N) is 1. The van der Waals surface area contributed by atoms with Gasteiger partial charge in [-0.15, -0.1) is 11.3 Å². The van der Waals surface area contributed by atoms with Crippen molar-refractivity contribution in [1.82, 2.24) is 4.98 Å². The summed E-state index contributed by atoms with van der Waals surface area (Å²) in [5.74, 6) is 0.329. The molecule has 0 aliphatic rings. The van der Waals surface area contributed by atoms with Crippen molar-refractivity contribution in [2.45, 2.75) is 13.8 Å². The van der Waals surface area contributed by atoms with Crippen LogP contribution in [0.2, 0.25) is 0 Å². The van der Waals surface area contributed by atoms with Gasteiger partial charge in [0.15, 0.2) is 11.5 Å². The molecule has 0 spiro atoms. The van der Waals surface area contributed by atoms with E-state index in [9.17, 15) is 9.18 Å². The average Bonchev–Trinajstić information content (AvgIpc) is 3.06. The van der Waals surface area contributed by atoms with Gasteiger partial charge < -0.3 is 14.8 Å². The number of halogens is 1. The standard InChI is InChI=1S/C20H19FN2O3S/c1-11-5-7-14(21)15(9-11)23-19(24)18-12(2)22-20(27-18)13-6-8-16(25-3)17(10-13)26-4/h5-10H,1-4H3,(H,23,24). The lowest BCUT2D eigenvalue weighted by atomic mass is 10.2. The first-order chi connectivity index (χ1) is 12.9. The molecule has 0 atom stereocenters. The van der Waals surface area contributed by atoms with E-state index < -0.39 is 5.82 Å². The number of methoxy groups -OCH3 is 2. The van der Waals surface area contributed by atoms with E-state index in [1.54, 1.807) is 45.4 Å². The first kappa shape index (κ1) is 18.8. The van der Waals surface area contributed by atoms with E-state index in [-0.39, 0.29) is 11.6 Å². The Morgan fingerprint density at radius 2 is 1.81 bits per heavy atom. The molecule has 27 heavy (non-hydrogen) atoms. The van der Waals surface area contributed by atoms with Gasteiger partial charge in [-0.1, -0.05) is 6.07 Å². The third-order valence-electron chi connectivity index (χ3n) is 4.00. The van der Waals surface area contributed by atoms with Gasteiger partial charge in [-0.05, 0) is 49.7 Å². The number of amides is 1. The minimum Gasteiger partial charge on any atom is -0.493 e. The number of benzene rings is 2. The molecule has 0 saturated heterocycles. The van der Waals surface area contributed by atoms with Gasteiger partial charge in [0.25, 0.3) is 5.91 Å². The van der Waals surface area contributed by atoms with Crippen LogP contribution in [0.25, 0.3) is 10.6 Å². The lowest BCUT2D eigenvalue weighted by molar-refractivity contribution is 0.102. The van der Waals surface area contributed by atoms with Gasteiger partial charge >= 0.3 is 0 Å². The maximum absolute atomic E-state index is 13.9. The summed E-state index contributed by atoms with van der Waals surface area (Å²) in [6.07, 6.45) is 0. The molecule has 0 unspecified atom stereocenters. The molecule has 0 saturated carbocycles. The number of aromatic nitrogens is 1. The molecule has 1 N–H and O–H groups in total. The zero-order valence-corrected chi connectivity index (χ0v) is 16.2. The quantitative estimate of drug-likeness (QED) is 0.682. The largest absolute Gasteiger partial charge is 0.493 e. The number of aryl methyl sites for hydroxylation is 2. The molecule has 0 radical (unpaired) electrons. The summed E-state index contributed by atoms with van der Waals surface area (Å²) in [4.78, 5) is 17.5. The van der Waals surface area contributed by atoms with E-state index in [2.05, 4.69) is 10.3 Å². The zero-order chi connectivity index (χ0) is 19.6. The molecule has 3 aromatic rings. The second-order valence-electron chi connectivity index (χ2n) is 5.94. The predicted molar refractivity (Wildman–Crippen MR) is 104 cm³/mol. The maximum Gasteiger partial charge on any atom is 0.267 e. The Balaban J connectivity index is 1.90. The Kier molecular flexibility index (Phi) is 5.41. The summed E-state index contributed by atoms with van der Waals surface area (Å²) in [5.41, 5.74) is 2.40. The van der Waals surface area contributed by atoms with Crippen molar-refractivity contribution in [1.29, 1.82) is 0 Å². The second kappa shape index (κ2) is 7.75. The van der Waals surface area contributed by atoms with Gasteiger partial charge in [0.2, 0.25) is 0 Å². The topological polar surface area (TPSA) is 60.5 Å². The average molecular weight is 386 g/mol. The van der Waals surface area contributed by atoms with Crippen molar-refractivity contribution >= 4 is 22.9 Å². The third-order valence-corrected chi connectivity index (χ3v) is 5.21. The first-order valence-electron chi connectivity index (χ1n) is 8.20. The summed E-state index contributed by atoms with van der Waals surface area (Å²) in [6.45, 7) is 3.59. The summed E-state index contributed by atoms with van der Waals surface area (Å²) in [7, 11) is 3.13. The van der Waals surface area contributed by atoms with Gasteiger partial charge in [0.1, 0.15) is 15.7 Å². The van der Waals surface area contributed by atoms with Crippen LogP contribution >= 0.6 is 11.3 Å². The van der Waals surface area contributed by atoms with Crippen LogP contribution in [-0.2, 0) is 0 Å². The van der Waals surface area contributed by atoms with E-state index in [1.807, 2.05) is 13.0 Å². The Bertz CT molecular complexity index is 1000. The van der Waals surface area contributed by atoms with Crippen molar-refractivity contribution < 1.29 is 18.7 Å². The number of ether oxygens (including phenoxy) is 2. The van der Waals surface area contributed by atoms with Crippen molar-refractivity contribution in [3.05, 3.63) is 58.3 Å². The molecule has 0 fully saturated rings. The summed E-state index contributed by atoms with van der Waals surface area (Å²) < 4.78 is 24.5. The highest BCUT2D eigenvalue weighted by atomic mass is 32.1. The van der Waals surface area contributed by atoms with E-state index in [0.717, 1.165) is 11.1 Å². The predicted octanol–water partition coefficient (Wildman–Crippen LogP) is 4.84. The van der Waals surface area contributed by atoms with Gasteiger partial charge in [-0.25, -0.2) is 9.37 Å². The Labute approximate surface area is 160 Å². The molecule has 140 valence electrons. The Morgan fingerprint density at radius 1 is 1.07 bits per heavy atom. The number of rotatable bonds is 5. The minimum atomic E-state index is -0.476. The second-order valence-corrected chi connectivity index (χ2v) is 6.94. The molecular formula is C20H19FN2O3S. The fraction of sp³-hybridized carbons (Fsp3) is 0.200. The van der Waals surface area contributed by atoms with Crippen LogP contribution in [-0.4, -0.2) is 25.1 Å². The van der Waals surface area contributed by atoms with Gasteiger partial charge in [-0.2, -0.15) is 0 Å². The van der Waals surface area contributed by atoms with E-state index in [0.29, 0.717) is 27.1 Å². The number of nitrogens with one attached hydrogen (secondary N) is 1. The highest BCUT2D eigenvalue weighted by Gasteiger charge is 2.18. The molecule has 0 aliphatic heterocycles. The van der Waals surface area contributed by atoms with Gasteiger partial charge in [-0.3, -0.25) is 4.79 Å². The molecule has 1 heterocycles.